The molecule has 5 nitrogen and oxygen atoms in total. The Labute approximate surface area is 106 Å². The van der Waals surface area contributed by atoms with Crippen LogP contribution in [0.25, 0.3) is 0 Å². The van der Waals surface area contributed by atoms with Crippen LogP contribution < -0.4 is 0 Å². The van der Waals surface area contributed by atoms with Crippen LogP contribution >= 0.6 is 0 Å². The highest BCUT2D eigenvalue weighted by atomic mass is 16.4. The van der Waals surface area contributed by atoms with Gasteiger partial charge < -0.3 is 5.21 Å². The summed E-state index contributed by atoms with van der Waals surface area (Å²) in [5.41, 5.74) is 1.51. The number of hydrogen-bond donors (Lipinski definition) is 1. The summed E-state index contributed by atoms with van der Waals surface area (Å²) >= 11 is 0. The largest absolute Gasteiger partial charge is 0.411 e. The molecule has 1 aromatic carbocycles. The van der Waals surface area contributed by atoms with Crippen molar-refractivity contribution in [3.8, 4) is 0 Å². The SMILES string of the molecule is CCC[C@@H](C(=NO)c1ccccc1)n1cncn1. The molecular formula is C13H16N4O. The molecule has 0 saturated carbocycles. The topological polar surface area (TPSA) is 63.3 Å². The molecule has 1 heterocycles. The third-order valence-electron chi connectivity index (χ3n) is 2.81. The van der Waals surface area contributed by atoms with Crippen LogP contribution in [0.4, 0.5) is 0 Å². The molecule has 0 aliphatic rings. The summed E-state index contributed by atoms with van der Waals surface area (Å²) in [6.45, 7) is 2.09. The summed E-state index contributed by atoms with van der Waals surface area (Å²) in [6, 6.07) is 9.53. The third-order valence-corrected chi connectivity index (χ3v) is 2.81. The molecule has 0 aliphatic heterocycles. The normalized spacial score (nSPS) is 13.5. The average molecular weight is 244 g/mol. The van der Waals surface area contributed by atoms with Crippen molar-refractivity contribution < 1.29 is 5.21 Å². The molecule has 0 spiro atoms. The van der Waals surface area contributed by atoms with Crippen molar-refractivity contribution in [1.29, 1.82) is 0 Å². The summed E-state index contributed by atoms with van der Waals surface area (Å²) in [4.78, 5) is 3.95. The van der Waals surface area contributed by atoms with Gasteiger partial charge in [0, 0.05) is 5.56 Å². The van der Waals surface area contributed by atoms with Crippen LogP contribution in [-0.4, -0.2) is 25.7 Å². The van der Waals surface area contributed by atoms with E-state index < -0.39 is 0 Å². The second-order valence-electron chi connectivity index (χ2n) is 4.03. The van der Waals surface area contributed by atoms with E-state index >= 15 is 0 Å². The van der Waals surface area contributed by atoms with Crippen molar-refractivity contribution in [2.24, 2.45) is 5.16 Å². The second kappa shape index (κ2) is 5.95. The van der Waals surface area contributed by atoms with Crippen molar-refractivity contribution in [1.82, 2.24) is 14.8 Å². The van der Waals surface area contributed by atoms with Gasteiger partial charge in [-0.05, 0) is 6.42 Å². The summed E-state index contributed by atoms with van der Waals surface area (Å²) < 4.78 is 1.73. The van der Waals surface area contributed by atoms with Crippen LogP contribution in [0.3, 0.4) is 0 Å². The Morgan fingerprint density at radius 1 is 1.39 bits per heavy atom. The van der Waals surface area contributed by atoms with Gasteiger partial charge in [-0.2, -0.15) is 5.10 Å². The molecule has 0 aliphatic carbocycles. The highest BCUT2D eigenvalue weighted by Gasteiger charge is 2.20. The van der Waals surface area contributed by atoms with Crippen molar-refractivity contribution in [3.63, 3.8) is 0 Å². The molecule has 2 rings (SSSR count). The first-order chi connectivity index (χ1) is 8.86. The summed E-state index contributed by atoms with van der Waals surface area (Å²) in [5.74, 6) is 0. The van der Waals surface area contributed by atoms with E-state index in [-0.39, 0.29) is 6.04 Å². The molecule has 18 heavy (non-hydrogen) atoms. The van der Waals surface area contributed by atoms with Crippen LogP contribution in [0.15, 0.2) is 48.1 Å². The summed E-state index contributed by atoms with van der Waals surface area (Å²) in [6.07, 6.45) is 4.95. The first-order valence-electron chi connectivity index (χ1n) is 5.98. The van der Waals surface area contributed by atoms with Crippen LogP contribution in [-0.2, 0) is 0 Å². The van der Waals surface area contributed by atoms with Gasteiger partial charge in [-0.25, -0.2) is 9.67 Å². The summed E-state index contributed by atoms with van der Waals surface area (Å²) in [5, 5.41) is 16.9. The Morgan fingerprint density at radius 2 is 2.17 bits per heavy atom. The molecule has 0 saturated heterocycles. The first kappa shape index (κ1) is 12.3. The fourth-order valence-corrected chi connectivity index (χ4v) is 1.97. The van der Waals surface area contributed by atoms with Crippen molar-refractivity contribution in [3.05, 3.63) is 48.5 Å². The number of nitrogens with zero attached hydrogens (tertiary/aromatic N) is 4. The maximum atomic E-state index is 9.30. The van der Waals surface area contributed by atoms with Gasteiger partial charge in [0.05, 0.1) is 6.04 Å². The van der Waals surface area contributed by atoms with E-state index in [1.807, 2.05) is 30.3 Å². The smallest absolute Gasteiger partial charge is 0.137 e. The standard InChI is InChI=1S/C13H16N4O/c1-2-6-12(17-10-14-9-15-17)13(16-18)11-7-4-3-5-8-11/h3-5,7-10,12,18H,2,6H2,1H3/t12-/m0/s1. The second-order valence-corrected chi connectivity index (χ2v) is 4.03. The molecule has 5 heteroatoms. The van der Waals surface area contributed by atoms with Crippen molar-refractivity contribution >= 4 is 5.71 Å². The Kier molecular flexibility index (Phi) is 4.06. The summed E-state index contributed by atoms with van der Waals surface area (Å²) in [7, 11) is 0. The minimum atomic E-state index is -0.0927. The van der Waals surface area contributed by atoms with Crippen LogP contribution in [0.2, 0.25) is 0 Å². The van der Waals surface area contributed by atoms with Crippen molar-refractivity contribution in [2.75, 3.05) is 0 Å². The van der Waals surface area contributed by atoms with E-state index in [1.165, 1.54) is 6.33 Å². The Bertz CT molecular complexity index is 493. The molecule has 0 fully saturated rings. The predicted molar refractivity (Wildman–Crippen MR) is 68.7 cm³/mol. The molecular weight excluding hydrogens is 228 g/mol. The number of rotatable bonds is 5. The minimum Gasteiger partial charge on any atom is -0.411 e. The fourth-order valence-electron chi connectivity index (χ4n) is 1.97. The van der Waals surface area contributed by atoms with Gasteiger partial charge in [0.15, 0.2) is 0 Å². The van der Waals surface area contributed by atoms with E-state index in [2.05, 4.69) is 22.2 Å². The Hall–Kier alpha value is -2.17. The van der Waals surface area contributed by atoms with Gasteiger partial charge >= 0.3 is 0 Å². The highest BCUT2D eigenvalue weighted by molar-refractivity contribution is 6.02. The number of hydrogen-bond acceptors (Lipinski definition) is 4. The van der Waals surface area contributed by atoms with Crippen LogP contribution in [0, 0.1) is 0 Å². The van der Waals surface area contributed by atoms with E-state index in [4.69, 9.17) is 0 Å². The minimum absolute atomic E-state index is 0.0927. The molecule has 1 aromatic heterocycles. The maximum Gasteiger partial charge on any atom is 0.137 e. The predicted octanol–water partition coefficient (Wildman–Crippen LogP) is 2.50. The third kappa shape index (κ3) is 2.56. The average Bonchev–Trinajstić information content (AvgIpc) is 2.93. The zero-order valence-corrected chi connectivity index (χ0v) is 10.3. The van der Waals surface area contributed by atoms with Gasteiger partial charge in [0.2, 0.25) is 0 Å². The molecule has 1 N–H and O–H groups in total. The van der Waals surface area contributed by atoms with Crippen LogP contribution in [0.1, 0.15) is 31.4 Å². The lowest BCUT2D eigenvalue weighted by molar-refractivity contribution is 0.313. The zero-order valence-electron chi connectivity index (χ0n) is 10.3. The van der Waals surface area contributed by atoms with Gasteiger partial charge in [0.25, 0.3) is 0 Å². The lowest BCUT2D eigenvalue weighted by Crippen LogP contribution is -2.21. The van der Waals surface area contributed by atoms with Gasteiger partial charge in [-0.15, -0.1) is 0 Å². The highest BCUT2D eigenvalue weighted by Crippen LogP contribution is 2.19. The van der Waals surface area contributed by atoms with E-state index in [1.54, 1.807) is 11.0 Å². The van der Waals surface area contributed by atoms with E-state index in [9.17, 15) is 5.21 Å². The van der Waals surface area contributed by atoms with Gasteiger partial charge in [-0.1, -0.05) is 48.8 Å². The van der Waals surface area contributed by atoms with Crippen molar-refractivity contribution in [2.45, 2.75) is 25.8 Å². The number of oxime groups is 1. The first-order valence-corrected chi connectivity index (χ1v) is 5.98. The quantitative estimate of drug-likeness (QED) is 0.499. The van der Waals surface area contributed by atoms with Gasteiger partial charge in [0.1, 0.15) is 18.4 Å². The number of aromatic nitrogens is 3. The molecule has 1 atom stereocenters. The van der Waals surface area contributed by atoms with E-state index in [0.717, 1.165) is 18.4 Å². The molecule has 0 radical (unpaired) electrons. The monoisotopic (exact) mass is 244 g/mol. The Morgan fingerprint density at radius 3 is 2.72 bits per heavy atom. The molecule has 0 bridgehead atoms. The van der Waals surface area contributed by atoms with Gasteiger partial charge in [-0.3, -0.25) is 0 Å². The fraction of sp³-hybridized carbons (Fsp3) is 0.308. The molecule has 0 amide bonds. The van der Waals surface area contributed by atoms with E-state index in [0.29, 0.717) is 5.71 Å². The lowest BCUT2D eigenvalue weighted by Gasteiger charge is -2.17. The zero-order chi connectivity index (χ0) is 12.8. The number of benzene rings is 1. The molecule has 2 aromatic rings. The lowest BCUT2D eigenvalue weighted by atomic mass is 10.00. The maximum absolute atomic E-state index is 9.30. The Balaban J connectivity index is 2.35. The molecule has 94 valence electrons. The van der Waals surface area contributed by atoms with Crippen LogP contribution in [0.5, 0.6) is 0 Å². The molecule has 0 unspecified atom stereocenters.